The van der Waals surface area contributed by atoms with E-state index in [0.29, 0.717) is 17.8 Å². The van der Waals surface area contributed by atoms with E-state index < -0.39 is 0 Å². The minimum atomic E-state index is 0.110. The molecule has 0 saturated carbocycles. The van der Waals surface area contributed by atoms with Gasteiger partial charge < -0.3 is 5.73 Å². The minimum absolute atomic E-state index is 0.110. The third-order valence-corrected chi connectivity index (χ3v) is 3.13. The Labute approximate surface area is 97.4 Å². The van der Waals surface area contributed by atoms with Crippen molar-refractivity contribution < 1.29 is 0 Å². The molecule has 0 amide bonds. The first-order chi connectivity index (χ1) is 7.29. The second-order valence-corrected chi connectivity index (χ2v) is 5.66. The molecular formula is C11H23N5. The Morgan fingerprint density at radius 1 is 1.38 bits per heavy atom. The van der Waals surface area contributed by atoms with Crippen LogP contribution in [0.3, 0.4) is 0 Å². The molecule has 0 aliphatic rings. The zero-order valence-corrected chi connectivity index (χ0v) is 10.9. The van der Waals surface area contributed by atoms with Gasteiger partial charge in [0.25, 0.3) is 0 Å². The fourth-order valence-electron chi connectivity index (χ4n) is 1.53. The van der Waals surface area contributed by atoms with Crippen molar-refractivity contribution in [3.63, 3.8) is 0 Å². The topological polar surface area (TPSA) is 69.6 Å². The molecule has 16 heavy (non-hydrogen) atoms. The number of hydrogen-bond donors (Lipinski definition) is 1. The molecule has 1 aromatic rings. The first-order valence-electron chi connectivity index (χ1n) is 5.77. The van der Waals surface area contributed by atoms with Gasteiger partial charge in [0.05, 0.1) is 7.05 Å². The summed E-state index contributed by atoms with van der Waals surface area (Å²) in [5, 5.41) is 11.9. The van der Waals surface area contributed by atoms with Crippen molar-refractivity contribution in [2.75, 3.05) is 0 Å². The van der Waals surface area contributed by atoms with Crippen molar-refractivity contribution >= 4 is 0 Å². The van der Waals surface area contributed by atoms with Gasteiger partial charge in [-0.05, 0) is 23.0 Å². The number of aromatic nitrogens is 4. The molecule has 0 spiro atoms. The molecule has 0 aromatic carbocycles. The second kappa shape index (κ2) is 4.91. The van der Waals surface area contributed by atoms with Crippen LogP contribution in [0.2, 0.25) is 0 Å². The fraction of sp³-hybridized carbons (Fsp3) is 0.909. The maximum absolute atomic E-state index is 6.10. The predicted octanol–water partition coefficient (Wildman–Crippen LogP) is 1.15. The van der Waals surface area contributed by atoms with Gasteiger partial charge in [-0.2, -0.15) is 4.80 Å². The zero-order valence-electron chi connectivity index (χ0n) is 10.9. The van der Waals surface area contributed by atoms with E-state index in [2.05, 4.69) is 43.1 Å². The van der Waals surface area contributed by atoms with Crippen LogP contribution in [0.15, 0.2) is 0 Å². The largest absolute Gasteiger partial charge is 0.327 e. The molecular weight excluding hydrogens is 202 g/mol. The highest BCUT2D eigenvalue weighted by Crippen LogP contribution is 2.28. The molecule has 5 nitrogen and oxygen atoms in total. The van der Waals surface area contributed by atoms with Crippen LogP contribution in [-0.2, 0) is 13.5 Å². The summed E-state index contributed by atoms with van der Waals surface area (Å²) in [6, 6.07) is 0.110. The van der Waals surface area contributed by atoms with E-state index in [0.717, 1.165) is 12.2 Å². The van der Waals surface area contributed by atoms with E-state index in [4.69, 9.17) is 5.73 Å². The van der Waals surface area contributed by atoms with Crippen LogP contribution in [0.25, 0.3) is 0 Å². The van der Waals surface area contributed by atoms with E-state index in [9.17, 15) is 0 Å². The summed E-state index contributed by atoms with van der Waals surface area (Å²) in [4.78, 5) is 1.47. The Kier molecular flexibility index (Phi) is 4.02. The molecule has 1 heterocycles. The van der Waals surface area contributed by atoms with Gasteiger partial charge in [-0.15, -0.1) is 10.2 Å². The number of aryl methyl sites for hydroxylation is 1. The molecule has 5 heteroatoms. The monoisotopic (exact) mass is 225 g/mol. The normalized spacial score (nSPS) is 16.1. The highest BCUT2D eigenvalue weighted by molar-refractivity contribution is 4.85. The molecule has 2 atom stereocenters. The number of tetrazole rings is 1. The Morgan fingerprint density at radius 3 is 2.44 bits per heavy atom. The van der Waals surface area contributed by atoms with Crippen LogP contribution < -0.4 is 5.73 Å². The molecule has 2 unspecified atom stereocenters. The third-order valence-electron chi connectivity index (χ3n) is 3.13. The Balaban J connectivity index is 2.45. The van der Waals surface area contributed by atoms with E-state index in [-0.39, 0.29) is 6.04 Å². The molecule has 0 fully saturated rings. The van der Waals surface area contributed by atoms with Crippen molar-refractivity contribution in [3.05, 3.63) is 5.82 Å². The summed E-state index contributed by atoms with van der Waals surface area (Å²) in [5.74, 6) is 1.32. The van der Waals surface area contributed by atoms with Crippen LogP contribution in [0.4, 0.5) is 0 Å². The van der Waals surface area contributed by atoms with Gasteiger partial charge in [0, 0.05) is 12.5 Å². The summed E-state index contributed by atoms with van der Waals surface area (Å²) >= 11 is 0. The molecule has 0 aliphatic heterocycles. The van der Waals surface area contributed by atoms with Crippen molar-refractivity contribution in [3.8, 4) is 0 Å². The van der Waals surface area contributed by atoms with E-state index >= 15 is 0 Å². The summed E-state index contributed by atoms with van der Waals surface area (Å²) in [6.07, 6.45) is 1.69. The first-order valence-corrected chi connectivity index (χ1v) is 5.77. The van der Waals surface area contributed by atoms with Crippen LogP contribution in [-0.4, -0.2) is 26.2 Å². The van der Waals surface area contributed by atoms with Gasteiger partial charge in [0.15, 0.2) is 5.82 Å². The Bertz CT molecular complexity index is 325. The van der Waals surface area contributed by atoms with E-state index in [1.165, 1.54) is 4.80 Å². The Morgan fingerprint density at radius 2 is 2.00 bits per heavy atom. The highest BCUT2D eigenvalue weighted by Gasteiger charge is 2.22. The van der Waals surface area contributed by atoms with Gasteiger partial charge in [-0.25, -0.2) is 0 Å². The maximum atomic E-state index is 6.10. The van der Waals surface area contributed by atoms with Crippen molar-refractivity contribution in [1.82, 2.24) is 20.2 Å². The summed E-state index contributed by atoms with van der Waals surface area (Å²) in [5.41, 5.74) is 6.39. The van der Waals surface area contributed by atoms with Crippen LogP contribution in [0.5, 0.6) is 0 Å². The van der Waals surface area contributed by atoms with Crippen molar-refractivity contribution in [2.24, 2.45) is 24.1 Å². The summed E-state index contributed by atoms with van der Waals surface area (Å²) in [6.45, 7) is 8.96. The zero-order chi connectivity index (χ0) is 12.3. The molecule has 0 aliphatic carbocycles. The van der Waals surface area contributed by atoms with Crippen LogP contribution in [0.1, 0.15) is 39.9 Å². The van der Waals surface area contributed by atoms with Crippen molar-refractivity contribution in [1.29, 1.82) is 0 Å². The smallest absolute Gasteiger partial charge is 0.176 e. The van der Waals surface area contributed by atoms with E-state index in [1.807, 2.05) is 0 Å². The average Bonchev–Trinajstić information content (AvgIpc) is 2.49. The van der Waals surface area contributed by atoms with Crippen molar-refractivity contribution in [2.45, 2.75) is 46.6 Å². The van der Waals surface area contributed by atoms with Gasteiger partial charge >= 0.3 is 0 Å². The lowest BCUT2D eigenvalue weighted by molar-refractivity contribution is 0.232. The number of hydrogen-bond acceptors (Lipinski definition) is 4. The van der Waals surface area contributed by atoms with Gasteiger partial charge in [0.1, 0.15) is 0 Å². The lowest BCUT2D eigenvalue weighted by atomic mass is 9.78. The molecule has 1 aromatic heterocycles. The Hall–Kier alpha value is -0.970. The lowest BCUT2D eigenvalue weighted by Gasteiger charge is -2.29. The lowest BCUT2D eigenvalue weighted by Crippen LogP contribution is -2.30. The molecule has 92 valence electrons. The summed E-state index contributed by atoms with van der Waals surface area (Å²) in [7, 11) is 1.76. The van der Waals surface area contributed by atoms with E-state index in [1.54, 1.807) is 7.05 Å². The van der Waals surface area contributed by atoms with Gasteiger partial charge in [0.2, 0.25) is 0 Å². The maximum Gasteiger partial charge on any atom is 0.176 e. The van der Waals surface area contributed by atoms with Gasteiger partial charge in [-0.1, -0.05) is 27.7 Å². The number of nitrogens with two attached hydrogens (primary N) is 1. The highest BCUT2D eigenvalue weighted by atomic mass is 15.6. The number of nitrogens with zero attached hydrogens (tertiary/aromatic N) is 4. The van der Waals surface area contributed by atoms with Gasteiger partial charge in [-0.3, -0.25) is 0 Å². The predicted molar refractivity (Wildman–Crippen MR) is 63.7 cm³/mol. The number of rotatable bonds is 4. The average molecular weight is 225 g/mol. The fourth-order valence-corrected chi connectivity index (χ4v) is 1.53. The molecule has 0 radical (unpaired) electrons. The SMILES string of the molecule is CC(CC(N)Cc1nnn(C)n1)C(C)(C)C. The summed E-state index contributed by atoms with van der Waals surface area (Å²) < 4.78 is 0. The first kappa shape index (κ1) is 13.1. The second-order valence-electron chi connectivity index (χ2n) is 5.66. The third kappa shape index (κ3) is 3.89. The standard InChI is InChI=1S/C11H23N5/c1-8(11(2,3)4)6-9(12)7-10-13-15-16(5)14-10/h8-9H,6-7,12H2,1-5H3. The molecule has 2 N–H and O–H groups in total. The molecule has 0 saturated heterocycles. The molecule has 1 rings (SSSR count). The van der Waals surface area contributed by atoms with Crippen LogP contribution in [0, 0.1) is 11.3 Å². The molecule has 0 bridgehead atoms. The van der Waals surface area contributed by atoms with Crippen LogP contribution >= 0.6 is 0 Å². The quantitative estimate of drug-likeness (QED) is 0.834. The minimum Gasteiger partial charge on any atom is -0.327 e.